The monoisotopic (exact) mass is 397 g/mol. The Hall–Kier alpha value is -2.37. The van der Waals surface area contributed by atoms with E-state index < -0.39 is 11.6 Å². The molecule has 1 aliphatic heterocycles. The first-order valence-electron chi connectivity index (χ1n) is 10.9. The molecule has 4 rings (SSSR count). The fourth-order valence-electron chi connectivity index (χ4n) is 4.95. The molecule has 0 aromatic heterocycles. The lowest BCUT2D eigenvalue weighted by Crippen LogP contribution is -2.50. The highest BCUT2D eigenvalue weighted by atomic mass is 16.2. The second-order valence-corrected chi connectivity index (χ2v) is 9.11. The molecule has 6 nitrogen and oxygen atoms in total. The summed E-state index contributed by atoms with van der Waals surface area (Å²) in [6.07, 6.45) is 7.82. The topological polar surface area (TPSA) is 78.5 Å². The lowest BCUT2D eigenvalue weighted by molar-refractivity contribution is -0.136. The smallest absolute Gasteiger partial charge is 0.325 e. The van der Waals surface area contributed by atoms with Crippen molar-refractivity contribution in [1.82, 2.24) is 15.5 Å². The van der Waals surface area contributed by atoms with Crippen molar-refractivity contribution in [3.05, 3.63) is 34.9 Å². The summed E-state index contributed by atoms with van der Waals surface area (Å²) in [5, 5.41) is 5.83. The van der Waals surface area contributed by atoms with Gasteiger partial charge >= 0.3 is 6.03 Å². The molecule has 2 N–H and O–H groups in total. The van der Waals surface area contributed by atoms with Crippen molar-refractivity contribution in [2.45, 2.75) is 76.8 Å². The number of nitrogens with zero attached hydrogens (tertiary/aromatic N) is 1. The average molecular weight is 398 g/mol. The predicted molar refractivity (Wildman–Crippen MR) is 110 cm³/mol. The summed E-state index contributed by atoms with van der Waals surface area (Å²) in [5.74, 6) is 0.0195. The number of imide groups is 1. The molecule has 6 heteroatoms. The van der Waals surface area contributed by atoms with Crippen molar-refractivity contribution in [3.63, 3.8) is 0 Å². The molecule has 1 aromatic rings. The average Bonchev–Trinajstić information content (AvgIpc) is 2.94. The van der Waals surface area contributed by atoms with Crippen molar-refractivity contribution in [2.75, 3.05) is 6.54 Å². The minimum atomic E-state index is -0.798. The SMILES string of the molecule is CC1CCC2(CC1)NC(=O)N(CC(=O)N[C@H](C)c1ccc3c(c1)CCCC3)C2=O. The quantitative estimate of drug-likeness (QED) is 0.766. The third-order valence-electron chi connectivity index (χ3n) is 6.93. The van der Waals surface area contributed by atoms with E-state index in [0.29, 0.717) is 18.8 Å². The standard InChI is InChI=1S/C23H31N3O3/c1-15-9-11-23(12-10-15)21(28)26(22(29)25-23)14-20(27)24-16(2)18-8-7-17-5-3-4-6-19(17)13-18/h7-8,13,15-16H,3-6,9-12,14H2,1-2H3,(H,24,27)(H,25,29)/t15?,16-,23?/m1/s1. The van der Waals surface area contributed by atoms with Crippen molar-refractivity contribution in [2.24, 2.45) is 5.92 Å². The van der Waals surface area contributed by atoms with Crippen LogP contribution in [0.25, 0.3) is 0 Å². The molecule has 1 spiro atoms. The summed E-state index contributed by atoms with van der Waals surface area (Å²) in [6.45, 7) is 3.89. The number of fused-ring (bicyclic) bond motifs is 1. The van der Waals surface area contributed by atoms with Crippen LogP contribution < -0.4 is 10.6 Å². The highest BCUT2D eigenvalue weighted by molar-refractivity contribution is 6.09. The number of nitrogens with one attached hydrogen (secondary N) is 2. The summed E-state index contributed by atoms with van der Waals surface area (Å²) in [4.78, 5) is 39.0. The molecule has 2 fully saturated rings. The van der Waals surface area contributed by atoms with E-state index in [1.54, 1.807) is 0 Å². The number of hydrogen-bond acceptors (Lipinski definition) is 3. The van der Waals surface area contributed by atoms with E-state index in [1.807, 2.05) is 6.92 Å². The first kappa shape index (κ1) is 19.9. The second-order valence-electron chi connectivity index (χ2n) is 9.11. The van der Waals surface area contributed by atoms with Crippen molar-refractivity contribution in [1.29, 1.82) is 0 Å². The molecular weight excluding hydrogens is 366 g/mol. The van der Waals surface area contributed by atoms with Gasteiger partial charge in [-0.25, -0.2) is 4.79 Å². The number of urea groups is 1. The molecule has 1 heterocycles. The summed E-state index contributed by atoms with van der Waals surface area (Å²) in [7, 11) is 0. The Morgan fingerprint density at radius 2 is 1.90 bits per heavy atom. The molecule has 1 saturated carbocycles. The van der Waals surface area contributed by atoms with Gasteiger partial charge < -0.3 is 10.6 Å². The van der Waals surface area contributed by atoms with E-state index in [9.17, 15) is 14.4 Å². The van der Waals surface area contributed by atoms with Crippen LogP contribution in [0.2, 0.25) is 0 Å². The highest BCUT2D eigenvalue weighted by Crippen LogP contribution is 2.36. The Morgan fingerprint density at radius 3 is 2.62 bits per heavy atom. The van der Waals surface area contributed by atoms with E-state index in [4.69, 9.17) is 0 Å². The van der Waals surface area contributed by atoms with E-state index in [2.05, 4.69) is 35.8 Å². The van der Waals surface area contributed by atoms with E-state index in [-0.39, 0.29) is 24.4 Å². The first-order chi connectivity index (χ1) is 13.9. The van der Waals surface area contributed by atoms with Gasteiger partial charge in [-0.2, -0.15) is 0 Å². The molecule has 1 saturated heterocycles. The number of hydrogen-bond donors (Lipinski definition) is 2. The van der Waals surface area contributed by atoms with Crippen LogP contribution in [0.3, 0.4) is 0 Å². The maximum atomic E-state index is 12.9. The Labute approximate surface area is 172 Å². The molecule has 0 bridgehead atoms. The molecule has 156 valence electrons. The van der Waals surface area contributed by atoms with Crippen LogP contribution in [0, 0.1) is 5.92 Å². The van der Waals surface area contributed by atoms with Gasteiger partial charge in [0.05, 0.1) is 6.04 Å². The van der Waals surface area contributed by atoms with Gasteiger partial charge in [0.2, 0.25) is 5.91 Å². The van der Waals surface area contributed by atoms with Crippen molar-refractivity contribution in [3.8, 4) is 0 Å². The molecule has 1 aromatic carbocycles. The fraction of sp³-hybridized carbons (Fsp3) is 0.609. The van der Waals surface area contributed by atoms with Crippen LogP contribution in [-0.4, -0.2) is 34.8 Å². The number of rotatable bonds is 4. The fourth-order valence-corrected chi connectivity index (χ4v) is 4.95. The molecule has 29 heavy (non-hydrogen) atoms. The van der Waals surface area contributed by atoms with Gasteiger partial charge in [-0.1, -0.05) is 25.1 Å². The minimum absolute atomic E-state index is 0.167. The van der Waals surface area contributed by atoms with E-state index in [1.165, 1.54) is 24.0 Å². The summed E-state index contributed by atoms with van der Waals surface area (Å²) in [6, 6.07) is 5.81. The zero-order valence-corrected chi connectivity index (χ0v) is 17.4. The number of carbonyl (C=O) groups excluding carboxylic acids is 3. The third kappa shape index (κ3) is 3.89. The molecule has 0 unspecified atom stereocenters. The molecule has 1 atom stereocenters. The Balaban J connectivity index is 1.38. The Morgan fingerprint density at radius 1 is 1.21 bits per heavy atom. The van der Waals surface area contributed by atoms with Gasteiger partial charge in [0.25, 0.3) is 5.91 Å². The molecule has 3 aliphatic rings. The van der Waals surface area contributed by atoms with Crippen molar-refractivity contribution >= 4 is 17.8 Å². The van der Waals surface area contributed by atoms with Gasteiger partial charge in [-0.15, -0.1) is 0 Å². The Kier molecular flexibility index (Phi) is 5.36. The zero-order chi connectivity index (χ0) is 20.6. The van der Waals surface area contributed by atoms with E-state index in [0.717, 1.165) is 36.1 Å². The zero-order valence-electron chi connectivity index (χ0n) is 17.4. The highest BCUT2D eigenvalue weighted by Gasteiger charge is 2.52. The summed E-state index contributed by atoms with van der Waals surface area (Å²) in [5.41, 5.74) is 3.05. The third-order valence-corrected chi connectivity index (χ3v) is 6.93. The lowest BCUT2D eigenvalue weighted by Gasteiger charge is -2.33. The van der Waals surface area contributed by atoms with Crippen LogP contribution >= 0.6 is 0 Å². The molecular formula is C23H31N3O3. The predicted octanol–water partition coefficient (Wildman–Crippen LogP) is 3.24. The lowest BCUT2D eigenvalue weighted by atomic mass is 9.77. The van der Waals surface area contributed by atoms with Gasteiger partial charge in [0.15, 0.2) is 0 Å². The van der Waals surface area contributed by atoms with Crippen molar-refractivity contribution < 1.29 is 14.4 Å². The van der Waals surface area contributed by atoms with Gasteiger partial charge in [0.1, 0.15) is 12.1 Å². The van der Waals surface area contributed by atoms with Crippen LogP contribution in [0.4, 0.5) is 4.79 Å². The normalized spacial score (nSPS) is 27.5. The first-order valence-corrected chi connectivity index (χ1v) is 10.9. The van der Waals surface area contributed by atoms with Crippen LogP contribution in [0.5, 0.6) is 0 Å². The number of amides is 4. The van der Waals surface area contributed by atoms with Gasteiger partial charge in [-0.3, -0.25) is 14.5 Å². The second kappa shape index (κ2) is 7.81. The summed E-state index contributed by atoms with van der Waals surface area (Å²) >= 11 is 0. The maximum absolute atomic E-state index is 12.9. The number of carbonyl (C=O) groups is 3. The van der Waals surface area contributed by atoms with E-state index >= 15 is 0 Å². The molecule has 0 radical (unpaired) electrons. The molecule has 2 aliphatic carbocycles. The Bertz CT molecular complexity index is 827. The number of benzene rings is 1. The molecule has 4 amide bonds. The largest absolute Gasteiger partial charge is 0.348 e. The van der Waals surface area contributed by atoms with Crippen LogP contribution in [0.1, 0.15) is 75.1 Å². The summed E-state index contributed by atoms with van der Waals surface area (Å²) < 4.78 is 0. The van der Waals surface area contributed by atoms with Gasteiger partial charge in [0, 0.05) is 0 Å². The maximum Gasteiger partial charge on any atom is 0.325 e. The minimum Gasteiger partial charge on any atom is -0.348 e. The van der Waals surface area contributed by atoms with Crippen LogP contribution in [0.15, 0.2) is 18.2 Å². The van der Waals surface area contributed by atoms with Crippen LogP contribution in [-0.2, 0) is 22.4 Å². The van der Waals surface area contributed by atoms with Gasteiger partial charge in [-0.05, 0) is 80.9 Å². The number of aryl methyl sites for hydroxylation is 2.